The lowest BCUT2D eigenvalue weighted by molar-refractivity contribution is -0.169. The van der Waals surface area contributed by atoms with Gasteiger partial charge in [-0.05, 0) is 0 Å². The molecule has 98 valence electrons. The van der Waals surface area contributed by atoms with Crippen LogP contribution in [0, 0.1) is 5.41 Å². The van der Waals surface area contributed by atoms with Crippen molar-refractivity contribution in [3.05, 3.63) is 0 Å². The summed E-state index contributed by atoms with van der Waals surface area (Å²) in [5.74, 6) is -1.21. The van der Waals surface area contributed by atoms with E-state index in [-0.39, 0.29) is 25.0 Å². The summed E-state index contributed by atoms with van der Waals surface area (Å²) in [6.07, 6.45) is -0.223. The van der Waals surface area contributed by atoms with E-state index in [1.54, 1.807) is 0 Å². The molecule has 2 atom stereocenters. The van der Waals surface area contributed by atoms with Crippen molar-refractivity contribution in [1.82, 2.24) is 0 Å². The number of methoxy groups -OCH3 is 4. The molecule has 0 spiro atoms. The maximum atomic E-state index is 11.8. The molecule has 1 fully saturated rings. The van der Waals surface area contributed by atoms with E-state index in [9.17, 15) is 9.59 Å². The Morgan fingerprint density at radius 3 is 1.47 bits per heavy atom. The molecule has 1 aliphatic carbocycles. The molecule has 0 aromatic carbocycles. The predicted octanol–water partition coefficient (Wildman–Crippen LogP) is 0.143. The number of carbonyl (C=O) groups excluding carboxylic acids is 2. The molecule has 0 saturated heterocycles. The smallest absolute Gasteiger partial charge is 0.323 e. The molecule has 0 aliphatic heterocycles. The van der Waals surface area contributed by atoms with E-state index in [4.69, 9.17) is 18.9 Å². The second-order valence-corrected chi connectivity index (χ2v) is 4.02. The number of carbonyl (C=O) groups is 2. The summed E-state index contributed by atoms with van der Waals surface area (Å²) < 4.78 is 19.8. The summed E-state index contributed by atoms with van der Waals surface area (Å²) in [5.41, 5.74) is -1.31. The molecule has 0 bridgehead atoms. The third-order valence-corrected chi connectivity index (χ3v) is 3.27. The molecule has 0 heterocycles. The summed E-state index contributed by atoms with van der Waals surface area (Å²) in [4.78, 5) is 23.7. The van der Waals surface area contributed by atoms with Crippen LogP contribution in [0.1, 0.15) is 12.8 Å². The monoisotopic (exact) mass is 246 g/mol. The van der Waals surface area contributed by atoms with Gasteiger partial charge in [-0.15, -0.1) is 0 Å². The van der Waals surface area contributed by atoms with Gasteiger partial charge in [-0.3, -0.25) is 9.59 Å². The lowest BCUT2D eigenvalue weighted by Gasteiger charge is -2.22. The van der Waals surface area contributed by atoms with Crippen molar-refractivity contribution in [2.45, 2.75) is 25.0 Å². The van der Waals surface area contributed by atoms with Gasteiger partial charge in [0, 0.05) is 27.1 Å². The number of hydrogen-bond acceptors (Lipinski definition) is 6. The van der Waals surface area contributed by atoms with Crippen molar-refractivity contribution >= 4 is 11.9 Å². The van der Waals surface area contributed by atoms with E-state index in [0.29, 0.717) is 0 Å². The topological polar surface area (TPSA) is 71.1 Å². The van der Waals surface area contributed by atoms with Crippen LogP contribution < -0.4 is 0 Å². The van der Waals surface area contributed by atoms with Crippen LogP contribution in [0.3, 0.4) is 0 Å². The van der Waals surface area contributed by atoms with Gasteiger partial charge >= 0.3 is 11.9 Å². The maximum Gasteiger partial charge on any atom is 0.323 e. The van der Waals surface area contributed by atoms with Gasteiger partial charge in [0.1, 0.15) is 0 Å². The first-order chi connectivity index (χ1) is 8.05. The normalized spacial score (nSPS) is 26.6. The Balaban J connectivity index is 3.02. The molecular formula is C11H18O6. The zero-order valence-electron chi connectivity index (χ0n) is 10.5. The second kappa shape index (κ2) is 5.46. The highest BCUT2D eigenvalue weighted by Gasteiger charge is 2.58. The van der Waals surface area contributed by atoms with Gasteiger partial charge in [-0.1, -0.05) is 0 Å². The van der Waals surface area contributed by atoms with Crippen LogP contribution in [0.5, 0.6) is 0 Å². The highest BCUT2D eigenvalue weighted by molar-refractivity contribution is 6.00. The molecule has 0 radical (unpaired) electrons. The molecule has 6 heteroatoms. The van der Waals surface area contributed by atoms with Gasteiger partial charge in [0.05, 0.1) is 26.4 Å². The number of rotatable bonds is 4. The molecule has 1 saturated carbocycles. The second-order valence-electron chi connectivity index (χ2n) is 4.02. The third kappa shape index (κ3) is 2.28. The van der Waals surface area contributed by atoms with E-state index >= 15 is 0 Å². The fraction of sp³-hybridized carbons (Fsp3) is 0.818. The molecule has 0 unspecified atom stereocenters. The predicted molar refractivity (Wildman–Crippen MR) is 57.3 cm³/mol. The quantitative estimate of drug-likeness (QED) is 0.519. The first kappa shape index (κ1) is 13.9. The standard InChI is InChI=1S/C11H18O6/c1-14-7-5-11(9(12)16-3,10(13)17-4)6-8(7)15-2/h7-8H,5-6H2,1-4H3/t7-,8-/m1/s1. The Bertz CT molecular complexity index is 270. The van der Waals surface area contributed by atoms with Crippen LogP contribution in [-0.4, -0.2) is 52.6 Å². The van der Waals surface area contributed by atoms with Crippen LogP contribution in [-0.2, 0) is 28.5 Å². The van der Waals surface area contributed by atoms with Crippen LogP contribution in [0.15, 0.2) is 0 Å². The average molecular weight is 246 g/mol. The molecule has 0 aromatic heterocycles. The van der Waals surface area contributed by atoms with Crippen molar-refractivity contribution in [3.8, 4) is 0 Å². The minimum atomic E-state index is -1.31. The molecule has 0 amide bonds. The molecule has 1 aliphatic rings. The van der Waals surface area contributed by atoms with Crippen molar-refractivity contribution in [2.75, 3.05) is 28.4 Å². The lowest BCUT2D eigenvalue weighted by Crippen LogP contribution is -2.39. The minimum Gasteiger partial charge on any atom is -0.468 e. The number of esters is 2. The first-order valence-electron chi connectivity index (χ1n) is 5.28. The van der Waals surface area contributed by atoms with Gasteiger partial charge < -0.3 is 18.9 Å². The Morgan fingerprint density at radius 2 is 1.24 bits per heavy atom. The SMILES string of the molecule is COC(=O)C1(C(=O)OC)C[C@@H](OC)[C@H](OC)C1. The Labute approximate surface area is 100 Å². The van der Waals surface area contributed by atoms with E-state index in [1.165, 1.54) is 28.4 Å². The van der Waals surface area contributed by atoms with Gasteiger partial charge in [-0.25, -0.2) is 0 Å². The summed E-state index contributed by atoms with van der Waals surface area (Å²) in [6.45, 7) is 0. The van der Waals surface area contributed by atoms with Crippen LogP contribution in [0.25, 0.3) is 0 Å². The van der Waals surface area contributed by atoms with Crippen molar-refractivity contribution < 1.29 is 28.5 Å². The number of hydrogen-bond donors (Lipinski definition) is 0. The van der Waals surface area contributed by atoms with Crippen molar-refractivity contribution in [3.63, 3.8) is 0 Å². The van der Waals surface area contributed by atoms with E-state index < -0.39 is 17.4 Å². The molecule has 6 nitrogen and oxygen atoms in total. The maximum absolute atomic E-state index is 11.8. The average Bonchev–Trinajstić information content (AvgIpc) is 2.76. The molecular weight excluding hydrogens is 228 g/mol. The van der Waals surface area contributed by atoms with Crippen molar-refractivity contribution in [1.29, 1.82) is 0 Å². The summed E-state index contributed by atoms with van der Waals surface area (Å²) in [5, 5.41) is 0. The minimum absolute atomic E-state index is 0.210. The van der Waals surface area contributed by atoms with Crippen LogP contribution >= 0.6 is 0 Å². The number of ether oxygens (including phenoxy) is 4. The van der Waals surface area contributed by atoms with Gasteiger partial charge in [0.2, 0.25) is 0 Å². The third-order valence-electron chi connectivity index (χ3n) is 3.27. The summed E-state index contributed by atoms with van der Waals surface area (Å²) >= 11 is 0. The Kier molecular flexibility index (Phi) is 4.47. The van der Waals surface area contributed by atoms with E-state index in [2.05, 4.69) is 0 Å². The summed E-state index contributed by atoms with van der Waals surface area (Å²) in [6, 6.07) is 0. The fourth-order valence-corrected chi connectivity index (χ4v) is 2.31. The highest BCUT2D eigenvalue weighted by Crippen LogP contribution is 2.42. The van der Waals surface area contributed by atoms with Gasteiger partial charge in [0.15, 0.2) is 5.41 Å². The Morgan fingerprint density at radius 1 is 0.882 bits per heavy atom. The lowest BCUT2D eigenvalue weighted by atomic mass is 9.86. The first-order valence-corrected chi connectivity index (χ1v) is 5.28. The molecule has 0 aromatic rings. The van der Waals surface area contributed by atoms with Crippen LogP contribution in [0.4, 0.5) is 0 Å². The van der Waals surface area contributed by atoms with Crippen LogP contribution in [0.2, 0.25) is 0 Å². The van der Waals surface area contributed by atoms with Crippen molar-refractivity contribution in [2.24, 2.45) is 5.41 Å². The zero-order valence-corrected chi connectivity index (χ0v) is 10.5. The highest BCUT2D eigenvalue weighted by atomic mass is 16.6. The van der Waals surface area contributed by atoms with Gasteiger partial charge in [-0.2, -0.15) is 0 Å². The largest absolute Gasteiger partial charge is 0.468 e. The molecule has 17 heavy (non-hydrogen) atoms. The van der Waals surface area contributed by atoms with E-state index in [0.717, 1.165) is 0 Å². The van der Waals surface area contributed by atoms with Gasteiger partial charge in [0.25, 0.3) is 0 Å². The van der Waals surface area contributed by atoms with E-state index in [1.807, 2.05) is 0 Å². The Hall–Kier alpha value is -1.14. The zero-order chi connectivity index (χ0) is 13.1. The summed E-state index contributed by atoms with van der Waals surface area (Å²) in [7, 11) is 5.52. The molecule has 1 rings (SSSR count). The molecule has 0 N–H and O–H groups in total. The fourth-order valence-electron chi connectivity index (χ4n) is 2.31.